The molecule has 0 aliphatic carbocycles. The molecule has 0 aliphatic rings. The van der Waals surface area contributed by atoms with Gasteiger partial charge in [-0.05, 0) is 23.8 Å². The van der Waals surface area contributed by atoms with Crippen LogP contribution in [0.15, 0.2) is 42.5 Å². The number of ether oxygens (including phenoxy) is 3. The van der Waals surface area contributed by atoms with Crippen LogP contribution >= 0.6 is 0 Å². The van der Waals surface area contributed by atoms with Crippen molar-refractivity contribution in [2.75, 3.05) is 21.3 Å². The number of para-hydroxylation sites is 1. The minimum atomic E-state index is -4.71. The van der Waals surface area contributed by atoms with Crippen LogP contribution in [0.4, 0.5) is 18.9 Å². The van der Waals surface area contributed by atoms with E-state index in [1.54, 1.807) is 0 Å². The van der Waals surface area contributed by atoms with E-state index in [0.29, 0.717) is 0 Å². The lowest BCUT2D eigenvalue weighted by Gasteiger charge is -2.16. The van der Waals surface area contributed by atoms with Crippen LogP contribution < -0.4 is 14.2 Å². The molecule has 0 fully saturated rings. The largest absolute Gasteiger partial charge is 0.493 e. The van der Waals surface area contributed by atoms with Gasteiger partial charge in [-0.3, -0.25) is 10.1 Å². The molecule has 0 amide bonds. The first-order valence-electron chi connectivity index (χ1n) is 7.55. The fourth-order valence-electron chi connectivity index (χ4n) is 2.58. The highest BCUT2D eigenvalue weighted by Gasteiger charge is 2.29. The van der Waals surface area contributed by atoms with Gasteiger partial charge >= 0.3 is 6.18 Å². The Hall–Kier alpha value is -3.23. The van der Waals surface area contributed by atoms with E-state index >= 15 is 0 Å². The van der Waals surface area contributed by atoms with Crippen LogP contribution in [0.1, 0.15) is 11.1 Å². The van der Waals surface area contributed by atoms with E-state index < -0.39 is 22.4 Å². The van der Waals surface area contributed by atoms with Gasteiger partial charge in [0, 0.05) is 17.7 Å². The predicted octanol–water partition coefficient (Wildman–Crippen LogP) is 4.61. The van der Waals surface area contributed by atoms with Gasteiger partial charge in [-0.1, -0.05) is 12.1 Å². The first-order chi connectivity index (χ1) is 12.7. The maximum absolute atomic E-state index is 13.2. The Labute approximate surface area is 152 Å². The standard InChI is InChI=1S/C18H16F3NO5/c1-25-15-8-11(9-16(26-2)17(15)27-3)13(10-18(19,20)21)12-6-4-5-7-14(12)22(23)24/h4-10H,1-3H3/b13-10+. The summed E-state index contributed by atoms with van der Waals surface area (Å²) in [4.78, 5) is 10.6. The maximum atomic E-state index is 13.2. The summed E-state index contributed by atoms with van der Waals surface area (Å²) in [5.74, 6) is 0.440. The Morgan fingerprint density at radius 3 is 2.04 bits per heavy atom. The average molecular weight is 383 g/mol. The number of hydrogen-bond acceptors (Lipinski definition) is 5. The van der Waals surface area contributed by atoms with Crippen LogP contribution in [0.2, 0.25) is 0 Å². The molecule has 9 heteroatoms. The second kappa shape index (κ2) is 7.98. The SMILES string of the molecule is COc1cc(/C(=C\C(F)(F)F)c2ccccc2[N+](=O)[O-])cc(OC)c1OC. The topological polar surface area (TPSA) is 70.8 Å². The number of nitrogens with zero attached hydrogens (tertiary/aromatic N) is 1. The van der Waals surface area contributed by atoms with E-state index in [1.807, 2.05) is 0 Å². The Balaban J connectivity index is 2.82. The molecule has 0 aliphatic heterocycles. The molecular formula is C18H16F3NO5. The third-order valence-corrected chi connectivity index (χ3v) is 3.67. The Bertz CT molecular complexity index is 853. The van der Waals surface area contributed by atoms with Crippen molar-refractivity contribution >= 4 is 11.3 Å². The second-order valence-electron chi connectivity index (χ2n) is 5.29. The van der Waals surface area contributed by atoms with E-state index in [-0.39, 0.29) is 34.5 Å². The number of alkyl halides is 3. The van der Waals surface area contributed by atoms with E-state index in [4.69, 9.17) is 14.2 Å². The van der Waals surface area contributed by atoms with Crippen molar-refractivity contribution in [2.45, 2.75) is 6.18 Å². The lowest BCUT2D eigenvalue weighted by molar-refractivity contribution is -0.385. The minimum Gasteiger partial charge on any atom is -0.493 e. The number of nitro benzene ring substituents is 1. The molecule has 0 spiro atoms. The molecule has 0 heterocycles. The monoisotopic (exact) mass is 383 g/mol. The third-order valence-electron chi connectivity index (χ3n) is 3.67. The fourth-order valence-corrected chi connectivity index (χ4v) is 2.58. The number of methoxy groups -OCH3 is 3. The van der Waals surface area contributed by atoms with Gasteiger partial charge in [0.15, 0.2) is 11.5 Å². The summed E-state index contributed by atoms with van der Waals surface area (Å²) < 4.78 is 55.1. The van der Waals surface area contributed by atoms with Crippen molar-refractivity contribution in [3.8, 4) is 17.2 Å². The molecular weight excluding hydrogens is 367 g/mol. The molecule has 144 valence electrons. The first-order valence-corrected chi connectivity index (χ1v) is 7.55. The van der Waals surface area contributed by atoms with E-state index in [2.05, 4.69) is 0 Å². The van der Waals surface area contributed by atoms with E-state index in [1.165, 1.54) is 51.7 Å². The zero-order chi connectivity index (χ0) is 20.2. The summed E-state index contributed by atoms with van der Waals surface area (Å²) in [5.41, 5.74) is -1.01. The van der Waals surface area contributed by atoms with Crippen molar-refractivity contribution in [3.05, 3.63) is 63.7 Å². The molecule has 2 aromatic carbocycles. The molecule has 0 atom stereocenters. The summed E-state index contributed by atoms with van der Waals surface area (Å²) >= 11 is 0. The zero-order valence-corrected chi connectivity index (χ0v) is 14.7. The van der Waals surface area contributed by atoms with Crippen molar-refractivity contribution < 1.29 is 32.3 Å². The highest BCUT2D eigenvalue weighted by molar-refractivity contribution is 5.86. The van der Waals surface area contributed by atoms with Gasteiger partial charge in [-0.2, -0.15) is 13.2 Å². The normalized spacial score (nSPS) is 11.9. The molecule has 0 N–H and O–H groups in total. The third kappa shape index (κ3) is 4.49. The van der Waals surface area contributed by atoms with Gasteiger partial charge in [0.1, 0.15) is 0 Å². The molecule has 0 saturated carbocycles. The first kappa shape index (κ1) is 20.1. The van der Waals surface area contributed by atoms with Gasteiger partial charge in [0.05, 0.1) is 31.8 Å². The molecule has 0 bridgehead atoms. The Kier molecular flexibility index (Phi) is 5.94. The van der Waals surface area contributed by atoms with Crippen LogP contribution in [-0.2, 0) is 0 Å². The lowest BCUT2D eigenvalue weighted by atomic mass is 9.95. The average Bonchev–Trinajstić information content (AvgIpc) is 2.64. The van der Waals surface area contributed by atoms with Gasteiger partial charge in [-0.25, -0.2) is 0 Å². The highest BCUT2D eigenvalue weighted by Crippen LogP contribution is 2.43. The molecule has 6 nitrogen and oxygen atoms in total. The van der Waals surface area contributed by atoms with Gasteiger partial charge in [-0.15, -0.1) is 0 Å². The lowest BCUT2D eigenvalue weighted by Crippen LogP contribution is -2.06. The molecule has 27 heavy (non-hydrogen) atoms. The van der Waals surface area contributed by atoms with Crippen LogP contribution in [0.25, 0.3) is 5.57 Å². The zero-order valence-electron chi connectivity index (χ0n) is 14.7. The maximum Gasteiger partial charge on any atom is 0.410 e. The number of hydrogen-bond donors (Lipinski definition) is 0. The van der Waals surface area contributed by atoms with Gasteiger partial charge in [0.25, 0.3) is 5.69 Å². The quantitative estimate of drug-likeness (QED) is 0.538. The van der Waals surface area contributed by atoms with E-state index in [0.717, 1.165) is 6.07 Å². The predicted molar refractivity (Wildman–Crippen MR) is 92.3 cm³/mol. The van der Waals surface area contributed by atoms with Crippen LogP contribution in [0, 0.1) is 10.1 Å². The molecule has 2 rings (SSSR count). The fraction of sp³-hybridized carbons (Fsp3) is 0.222. The number of halogens is 3. The molecule has 0 radical (unpaired) electrons. The number of benzene rings is 2. The van der Waals surface area contributed by atoms with Crippen molar-refractivity contribution in [3.63, 3.8) is 0 Å². The second-order valence-corrected chi connectivity index (χ2v) is 5.29. The van der Waals surface area contributed by atoms with Crippen LogP contribution in [-0.4, -0.2) is 32.4 Å². The summed E-state index contributed by atoms with van der Waals surface area (Å²) in [6.45, 7) is 0. The molecule has 0 unspecified atom stereocenters. The van der Waals surface area contributed by atoms with E-state index in [9.17, 15) is 23.3 Å². The number of rotatable bonds is 6. The summed E-state index contributed by atoms with van der Waals surface area (Å²) in [6, 6.07) is 7.79. The molecule has 0 aromatic heterocycles. The van der Waals surface area contributed by atoms with Crippen molar-refractivity contribution in [2.24, 2.45) is 0 Å². The van der Waals surface area contributed by atoms with Crippen molar-refractivity contribution in [1.82, 2.24) is 0 Å². The number of allylic oxidation sites excluding steroid dienone is 1. The van der Waals surface area contributed by atoms with Crippen LogP contribution in [0.3, 0.4) is 0 Å². The summed E-state index contributed by atoms with van der Waals surface area (Å²) in [5, 5.41) is 11.3. The van der Waals surface area contributed by atoms with Gasteiger partial charge < -0.3 is 14.2 Å². The number of nitro groups is 1. The summed E-state index contributed by atoms with van der Waals surface area (Å²) in [6.07, 6.45) is -4.70. The Morgan fingerprint density at radius 2 is 1.59 bits per heavy atom. The molecule has 2 aromatic rings. The van der Waals surface area contributed by atoms with Crippen molar-refractivity contribution in [1.29, 1.82) is 0 Å². The minimum absolute atomic E-state index is 0.00994. The van der Waals surface area contributed by atoms with Gasteiger partial charge in [0.2, 0.25) is 5.75 Å². The summed E-state index contributed by atoms with van der Waals surface area (Å²) in [7, 11) is 3.99. The molecule has 0 saturated heterocycles. The van der Waals surface area contributed by atoms with Crippen LogP contribution in [0.5, 0.6) is 17.2 Å². The smallest absolute Gasteiger partial charge is 0.410 e. The Morgan fingerprint density at radius 1 is 1.04 bits per heavy atom. The highest BCUT2D eigenvalue weighted by atomic mass is 19.4.